The van der Waals surface area contributed by atoms with Gasteiger partial charge in [-0.25, -0.2) is 4.39 Å². The highest BCUT2D eigenvalue weighted by Crippen LogP contribution is 2.33. The molecule has 3 heterocycles. The van der Waals surface area contributed by atoms with E-state index in [0.29, 0.717) is 19.6 Å². The van der Waals surface area contributed by atoms with Gasteiger partial charge in [-0.15, -0.1) is 11.3 Å². The number of halogens is 1. The van der Waals surface area contributed by atoms with Crippen molar-refractivity contribution in [2.45, 2.75) is 26.8 Å². The number of fused-ring (bicyclic) bond motifs is 1. The number of carbonyl (C=O) groups is 1. The average molecular weight is 386 g/mol. The van der Waals surface area contributed by atoms with E-state index in [1.165, 1.54) is 23.5 Å². The van der Waals surface area contributed by atoms with Crippen LogP contribution in [0.5, 0.6) is 0 Å². The maximum Gasteiger partial charge on any atom is 0.264 e. The van der Waals surface area contributed by atoms with Gasteiger partial charge in [-0.3, -0.25) is 9.48 Å². The van der Waals surface area contributed by atoms with Gasteiger partial charge in [-0.1, -0.05) is 19.1 Å². The number of thiophene rings is 1. The minimum absolute atomic E-state index is 0.0155. The smallest absolute Gasteiger partial charge is 0.264 e. The van der Waals surface area contributed by atoms with Crippen LogP contribution in [0.4, 0.5) is 4.39 Å². The van der Waals surface area contributed by atoms with E-state index in [4.69, 9.17) is 5.73 Å². The summed E-state index contributed by atoms with van der Waals surface area (Å²) in [7, 11) is 0. The van der Waals surface area contributed by atoms with Gasteiger partial charge in [-0.05, 0) is 49.1 Å². The quantitative estimate of drug-likeness (QED) is 0.747. The number of nitrogens with two attached hydrogens (primary N) is 1. The lowest BCUT2D eigenvalue weighted by atomic mass is 9.90. The molecule has 0 spiro atoms. The van der Waals surface area contributed by atoms with Crippen molar-refractivity contribution < 1.29 is 9.18 Å². The highest BCUT2D eigenvalue weighted by Gasteiger charge is 2.35. The number of likely N-dealkylation sites (tertiary alicyclic amines) is 1. The molecule has 142 valence electrons. The number of aromatic nitrogens is 2. The molecule has 0 saturated carbocycles. The molecule has 1 atom stereocenters. The third kappa shape index (κ3) is 3.37. The third-order valence-electron chi connectivity index (χ3n) is 5.40. The molecule has 5 nitrogen and oxygen atoms in total. The highest BCUT2D eigenvalue weighted by atomic mass is 32.1. The average Bonchev–Trinajstić information content (AvgIpc) is 3.33. The molecular weight excluding hydrogens is 363 g/mol. The predicted octanol–water partition coefficient (Wildman–Crippen LogP) is 3.40. The first-order chi connectivity index (χ1) is 12.9. The first-order valence-corrected chi connectivity index (χ1v) is 9.91. The fourth-order valence-electron chi connectivity index (χ4n) is 3.61. The van der Waals surface area contributed by atoms with Crippen LogP contribution in [0.15, 0.2) is 30.3 Å². The van der Waals surface area contributed by atoms with E-state index in [1.807, 2.05) is 22.6 Å². The van der Waals surface area contributed by atoms with Gasteiger partial charge in [0.2, 0.25) is 0 Å². The topological polar surface area (TPSA) is 64.2 Å². The van der Waals surface area contributed by atoms with Gasteiger partial charge in [-0.2, -0.15) is 5.10 Å². The largest absolute Gasteiger partial charge is 0.337 e. The molecule has 1 fully saturated rings. The fraction of sp³-hybridized carbons (Fsp3) is 0.400. The van der Waals surface area contributed by atoms with Crippen LogP contribution in [-0.4, -0.2) is 40.2 Å². The molecule has 1 aromatic carbocycles. The molecule has 1 unspecified atom stereocenters. The van der Waals surface area contributed by atoms with Gasteiger partial charge < -0.3 is 10.6 Å². The van der Waals surface area contributed by atoms with Crippen molar-refractivity contribution in [3.05, 3.63) is 52.3 Å². The van der Waals surface area contributed by atoms with Crippen molar-refractivity contribution >= 4 is 27.5 Å². The maximum absolute atomic E-state index is 13.1. The minimum atomic E-state index is -0.250. The number of aryl methyl sites for hydroxylation is 1. The molecule has 0 aliphatic carbocycles. The summed E-state index contributed by atoms with van der Waals surface area (Å²) in [4.78, 5) is 16.6. The first-order valence-electron chi connectivity index (χ1n) is 9.09. The second kappa shape index (κ2) is 6.73. The second-order valence-corrected chi connectivity index (χ2v) is 8.72. The van der Waals surface area contributed by atoms with E-state index in [-0.39, 0.29) is 17.1 Å². The van der Waals surface area contributed by atoms with E-state index >= 15 is 0 Å². The summed E-state index contributed by atoms with van der Waals surface area (Å²) in [6.07, 6.45) is 0.942. The van der Waals surface area contributed by atoms with Gasteiger partial charge >= 0.3 is 0 Å². The summed E-state index contributed by atoms with van der Waals surface area (Å²) in [6.45, 7) is 6.68. The Hall–Kier alpha value is -2.25. The minimum Gasteiger partial charge on any atom is -0.337 e. The molecule has 1 aliphatic heterocycles. The van der Waals surface area contributed by atoms with Crippen LogP contribution >= 0.6 is 11.3 Å². The number of nitrogens with zero attached hydrogens (tertiary/aromatic N) is 3. The van der Waals surface area contributed by atoms with Crippen LogP contribution in [0.2, 0.25) is 0 Å². The predicted molar refractivity (Wildman–Crippen MR) is 106 cm³/mol. The number of benzene rings is 1. The fourth-order valence-corrected chi connectivity index (χ4v) is 4.74. The molecule has 4 rings (SSSR count). The number of hydrogen-bond donors (Lipinski definition) is 1. The molecule has 2 aromatic heterocycles. The number of amides is 1. The Kier molecular flexibility index (Phi) is 4.52. The van der Waals surface area contributed by atoms with Crippen LogP contribution in [0.1, 0.15) is 34.3 Å². The lowest BCUT2D eigenvalue weighted by Crippen LogP contribution is -2.34. The summed E-state index contributed by atoms with van der Waals surface area (Å²) in [5.41, 5.74) is 7.75. The van der Waals surface area contributed by atoms with Gasteiger partial charge in [0.25, 0.3) is 5.91 Å². The molecule has 7 heteroatoms. The zero-order chi connectivity index (χ0) is 19.2. The Morgan fingerprint density at radius 3 is 2.78 bits per heavy atom. The number of rotatable bonds is 4. The third-order valence-corrected chi connectivity index (χ3v) is 6.54. The summed E-state index contributed by atoms with van der Waals surface area (Å²) in [5, 5.41) is 5.60. The van der Waals surface area contributed by atoms with Crippen molar-refractivity contribution in [1.82, 2.24) is 14.7 Å². The molecular formula is C20H23FN4OS. The van der Waals surface area contributed by atoms with Gasteiger partial charge in [0, 0.05) is 18.5 Å². The van der Waals surface area contributed by atoms with Crippen molar-refractivity contribution in [1.29, 1.82) is 0 Å². The zero-order valence-corrected chi connectivity index (χ0v) is 16.4. The van der Waals surface area contributed by atoms with Gasteiger partial charge in [0.1, 0.15) is 10.6 Å². The Labute approximate surface area is 161 Å². The Bertz CT molecular complexity index is 993. The van der Waals surface area contributed by atoms with Crippen LogP contribution in [0, 0.1) is 18.2 Å². The van der Waals surface area contributed by atoms with Gasteiger partial charge in [0.15, 0.2) is 0 Å². The highest BCUT2D eigenvalue weighted by molar-refractivity contribution is 7.20. The van der Waals surface area contributed by atoms with Crippen molar-refractivity contribution in [3.63, 3.8) is 0 Å². The van der Waals surface area contributed by atoms with E-state index in [1.54, 1.807) is 12.1 Å². The van der Waals surface area contributed by atoms with E-state index < -0.39 is 0 Å². The molecule has 1 saturated heterocycles. The summed E-state index contributed by atoms with van der Waals surface area (Å²) in [6, 6.07) is 8.37. The Morgan fingerprint density at radius 2 is 2.11 bits per heavy atom. The van der Waals surface area contributed by atoms with Crippen molar-refractivity contribution in [2.75, 3.05) is 19.6 Å². The lowest BCUT2D eigenvalue weighted by Gasteiger charge is -2.22. The van der Waals surface area contributed by atoms with Crippen molar-refractivity contribution in [3.8, 4) is 0 Å². The molecule has 0 radical (unpaired) electrons. The Balaban J connectivity index is 1.61. The maximum atomic E-state index is 13.1. The summed E-state index contributed by atoms with van der Waals surface area (Å²) < 4.78 is 15.0. The molecule has 27 heavy (non-hydrogen) atoms. The number of hydrogen-bond acceptors (Lipinski definition) is 4. The lowest BCUT2D eigenvalue weighted by molar-refractivity contribution is 0.0782. The van der Waals surface area contributed by atoms with Crippen LogP contribution in [0.3, 0.4) is 0 Å². The molecule has 0 bridgehead atoms. The standard InChI is InChI=1S/C20H23FN4OS/c1-13-16-9-17(18(26)24-8-7-20(2,11-22)12-24)27-19(16)25(23-13)10-14-3-5-15(21)6-4-14/h3-6,9H,7-8,10-12,22H2,1-2H3. The normalized spacial score (nSPS) is 19.9. The van der Waals surface area contributed by atoms with Crippen LogP contribution in [0.25, 0.3) is 10.2 Å². The van der Waals surface area contributed by atoms with E-state index in [9.17, 15) is 9.18 Å². The van der Waals surface area contributed by atoms with Crippen LogP contribution in [-0.2, 0) is 6.54 Å². The van der Waals surface area contributed by atoms with Gasteiger partial charge in [0.05, 0.1) is 17.1 Å². The Morgan fingerprint density at radius 1 is 1.37 bits per heavy atom. The molecule has 1 amide bonds. The summed E-state index contributed by atoms with van der Waals surface area (Å²) >= 11 is 1.47. The van der Waals surface area contributed by atoms with Crippen molar-refractivity contribution in [2.24, 2.45) is 11.1 Å². The summed E-state index contributed by atoms with van der Waals surface area (Å²) in [5.74, 6) is -0.180. The van der Waals surface area contributed by atoms with Crippen LogP contribution < -0.4 is 5.73 Å². The molecule has 1 aliphatic rings. The first kappa shape index (κ1) is 18.1. The zero-order valence-electron chi connectivity index (χ0n) is 15.5. The number of carbonyl (C=O) groups excluding carboxylic acids is 1. The van der Waals surface area contributed by atoms with E-state index in [0.717, 1.165) is 39.3 Å². The molecule has 2 N–H and O–H groups in total. The second-order valence-electron chi connectivity index (χ2n) is 7.69. The van der Waals surface area contributed by atoms with E-state index in [2.05, 4.69) is 12.0 Å². The SMILES string of the molecule is Cc1nn(Cc2ccc(F)cc2)c2sc(C(=O)N3CCC(C)(CN)C3)cc12. The monoisotopic (exact) mass is 386 g/mol. The molecule has 3 aromatic rings.